The van der Waals surface area contributed by atoms with E-state index >= 15 is 0 Å². The monoisotopic (exact) mass is 411 g/mol. The highest BCUT2D eigenvalue weighted by Crippen LogP contribution is 2.36. The third kappa shape index (κ3) is 6.86. The van der Waals surface area contributed by atoms with E-state index in [2.05, 4.69) is 12.1 Å². The van der Waals surface area contributed by atoms with E-state index in [1.165, 1.54) is 12.1 Å². The van der Waals surface area contributed by atoms with Crippen molar-refractivity contribution in [2.75, 3.05) is 19.8 Å². The minimum atomic E-state index is 0.00835. The lowest BCUT2D eigenvalue weighted by molar-refractivity contribution is 0.0901. The third-order valence-corrected chi connectivity index (χ3v) is 4.14. The second kappa shape index (κ2) is 10.9. The van der Waals surface area contributed by atoms with Gasteiger partial charge in [-0.3, -0.25) is 10.3 Å². The molecule has 0 aromatic heterocycles. The second-order valence-corrected chi connectivity index (χ2v) is 6.49. The van der Waals surface area contributed by atoms with Gasteiger partial charge in [0.1, 0.15) is 11.5 Å². The van der Waals surface area contributed by atoms with Gasteiger partial charge >= 0.3 is 0 Å². The molecule has 2 aromatic rings. The van der Waals surface area contributed by atoms with E-state index < -0.39 is 0 Å². The maximum absolute atomic E-state index is 9.40. The first-order valence-corrected chi connectivity index (χ1v) is 9.37. The zero-order valence-electron chi connectivity index (χ0n) is 15.1. The number of phenols is 1. The van der Waals surface area contributed by atoms with Crippen molar-refractivity contribution in [2.45, 2.75) is 19.8 Å². The number of benzene rings is 2. The smallest absolute Gasteiger partial charge is 0.156 e. The molecule has 0 bridgehead atoms. The van der Waals surface area contributed by atoms with E-state index in [4.69, 9.17) is 37.5 Å². The lowest BCUT2D eigenvalue weighted by Crippen LogP contribution is -2.11. The van der Waals surface area contributed by atoms with Crippen molar-refractivity contribution >= 4 is 28.9 Å². The van der Waals surface area contributed by atoms with Crippen molar-refractivity contribution < 1.29 is 19.4 Å². The minimum Gasteiger partial charge on any atom is -0.508 e. The molecule has 5 nitrogen and oxygen atoms in total. The van der Waals surface area contributed by atoms with E-state index in [1.807, 2.05) is 31.2 Å². The van der Waals surface area contributed by atoms with E-state index in [0.717, 1.165) is 24.2 Å². The number of hydrogen-bond donors (Lipinski definition) is 2. The average Bonchev–Trinajstić information content (AvgIpc) is 2.64. The van der Waals surface area contributed by atoms with Crippen LogP contribution in [0.4, 0.5) is 0 Å². The Morgan fingerprint density at radius 2 is 1.63 bits per heavy atom. The Labute approximate surface area is 169 Å². The Morgan fingerprint density at radius 3 is 2.22 bits per heavy atom. The van der Waals surface area contributed by atoms with Crippen molar-refractivity contribution in [3.8, 4) is 17.2 Å². The van der Waals surface area contributed by atoms with Gasteiger partial charge in [-0.2, -0.15) is 0 Å². The summed E-state index contributed by atoms with van der Waals surface area (Å²) in [7, 11) is 0. The van der Waals surface area contributed by atoms with E-state index in [9.17, 15) is 5.11 Å². The summed E-state index contributed by atoms with van der Waals surface area (Å²) in [5.74, 6) is 1.18. The van der Waals surface area contributed by atoms with Crippen LogP contribution in [0.5, 0.6) is 17.2 Å². The van der Waals surface area contributed by atoms with Crippen LogP contribution in [0.2, 0.25) is 10.0 Å². The van der Waals surface area contributed by atoms with Crippen molar-refractivity contribution in [3.63, 3.8) is 0 Å². The average molecular weight is 412 g/mol. The standard InChI is InChI=1S/C20H23Cl2NO4/c1-3-27-23-14(2)15-6-8-17(9-7-15)25-10-4-5-11-26-20-18(21)12-16(24)13-19(20)22/h6-9,12-13,23-24H,2-5,10-11H2,1H3. The van der Waals surface area contributed by atoms with Gasteiger partial charge in [0.25, 0.3) is 0 Å². The summed E-state index contributed by atoms with van der Waals surface area (Å²) in [5.41, 5.74) is 4.41. The van der Waals surface area contributed by atoms with Gasteiger partial charge in [-0.15, -0.1) is 0 Å². The summed E-state index contributed by atoms with van der Waals surface area (Å²) in [6.07, 6.45) is 1.59. The largest absolute Gasteiger partial charge is 0.508 e. The Kier molecular flexibility index (Phi) is 8.58. The molecule has 2 N–H and O–H groups in total. The van der Waals surface area contributed by atoms with Crippen molar-refractivity contribution in [1.82, 2.24) is 5.48 Å². The summed E-state index contributed by atoms with van der Waals surface area (Å²) in [4.78, 5) is 5.11. The van der Waals surface area contributed by atoms with Gasteiger partial charge in [0.2, 0.25) is 0 Å². The van der Waals surface area contributed by atoms with E-state index in [1.54, 1.807) is 0 Å². The van der Waals surface area contributed by atoms with Crippen LogP contribution in [0.25, 0.3) is 5.70 Å². The quantitative estimate of drug-likeness (QED) is 0.380. The molecular weight excluding hydrogens is 389 g/mol. The van der Waals surface area contributed by atoms with Crippen LogP contribution in [0.15, 0.2) is 43.0 Å². The van der Waals surface area contributed by atoms with Crippen molar-refractivity contribution in [3.05, 3.63) is 58.6 Å². The summed E-state index contributed by atoms with van der Waals surface area (Å²) >= 11 is 12.0. The van der Waals surface area contributed by atoms with Gasteiger partial charge in [-0.1, -0.05) is 29.8 Å². The molecule has 0 saturated carbocycles. The Hall–Kier alpha value is -2.08. The number of rotatable bonds is 11. The van der Waals surface area contributed by atoms with E-state index in [0.29, 0.717) is 31.3 Å². The van der Waals surface area contributed by atoms with Gasteiger partial charge in [0.15, 0.2) is 5.75 Å². The highest BCUT2D eigenvalue weighted by atomic mass is 35.5. The lowest BCUT2D eigenvalue weighted by Gasteiger charge is -2.11. The Bertz CT molecular complexity index is 727. The van der Waals surface area contributed by atoms with Gasteiger partial charge in [0, 0.05) is 12.1 Å². The molecule has 0 heterocycles. The number of halogens is 2. The summed E-state index contributed by atoms with van der Waals surface area (Å²) in [6, 6.07) is 10.4. The van der Waals surface area contributed by atoms with Crippen LogP contribution in [0.1, 0.15) is 25.3 Å². The van der Waals surface area contributed by atoms with E-state index in [-0.39, 0.29) is 15.8 Å². The molecule has 146 valence electrons. The predicted octanol–water partition coefficient (Wildman–Crippen LogP) is 5.45. The van der Waals surface area contributed by atoms with Gasteiger partial charge in [-0.25, -0.2) is 0 Å². The van der Waals surface area contributed by atoms with Crippen LogP contribution in [-0.2, 0) is 4.84 Å². The molecule has 0 atom stereocenters. The summed E-state index contributed by atoms with van der Waals surface area (Å²) in [6.45, 7) is 7.39. The number of nitrogens with one attached hydrogen (secondary N) is 1. The lowest BCUT2D eigenvalue weighted by atomic mass is 10.2. The molecule has 0 saturated heterocycles. The number of aromatic hydroxyl groups is 1. The Balaban J connectivity index is 1.68. The molecular formula is C20H23Cl2NO4. The van der Waals surface area contributed by atoms with Crippen molar-refractivity contribution in [1.29, 1.82) is 0 Å². The molecule has 0 unspecified atom stereocenters. The number of ether oxygens (including phenoxy) is 2. The zero-order valence-corrected chi connectivity index (χ0v) is 16.6. The molecule has 2 rings (SSSR count). The highest BCUT2D eigenvalue weighted by molar-refractivity contribution is 6.37. The molecule has 0 fully saturated rings. The van der Waals surface area contributed by atoms with Crippen LogP contribution < -0.4 is 15.0 Å². The number of hydrogen-bond acceptors (Lipinski definition) is 5. The van der Waals surface area contributed by atoms with Gasteiger partial charge < -0.3 is 14.6 Å². The van der Waals surface area contributed by atoms with Gasteiger partial charge in [0.05, 0.1) is 35.6 Å². The van der Waals surface area contributed by atoms with Crippen LogP contribution >= 0.6 is 23.2 Å². The fourth-order valence-electron chi connectivity index (χ4n) is 2.22. The van der Waals surface area contributed by atoms with Crippen molar-refractivity contribution in [2.24, 2.45) is 0 Å². The summed E-state index contributed by atoms with van der Waals surface area (Å²) in [5, 5.41) is 9.98. The molecule has 0 spiro atoms. The normalized spacial score (nSPS) is 10.5. The molecule has 27 heavy (non-hydrogen) atoms. The highest BCUT2D eigenvalue weighted by Gasteiger charge is 2.09. The molecule has 0 aliphatic heterocycles. The number of hydroxylamine groups is 1. The molecule has 0 radical (unpaired) electrons. The maximum atomic E-state index is 9.40. The molecule has 2 aromatic carbocycles. The number of unbranched alkanes of at least 4 members (excludes halogenated alkanes) is 1. The zero-order chi connectivity index (χ0) is 19.6. The van der Waals surface area contributed by atoms with Crippen LogP contribution in [0.3, 0.4) is 0 Å². The van der Waals surface area contributed by atoms with Crippen LogP contribution in [-0.4, -0.2) is 24.9 Å². The fraction of sp³-hybridized carbons (Fsp3) is 0.300. The van der Waals surface area contributed by atoms with Crippen LogP contribution in [0, 0.1) is 0 Å². The maximum Gasteiger partial charge on any atom is 0.156 e. The minimum absolute atomic E-state index is 0.00835. The molecule has 0 aliphatic carbocycles. The molecule has 0 amide bonds. The first kappa shape index (κ1) is 21.2. The summed E-state index contributed by atoms with van der Waals surface area (Å²) < 4.78 is 11.3. The topological polar surface area (TPSA) is 60.0 Å². The molecule has 0 aliphatic rings. The second-order valence-electron chi connectivity index (χ2n) is 5.68. The molecule has 7 heteroatoms. The Morgan fingerprint density at radius 1 is 1.04 bits per heavy atom. The third-order valence-electron chi connectivity index (χ3n) is 3.58. The number of phenolic OH excluding ortho intramolecular Hbond substituents is 1. The van der Waals surface area contributed by atoms with Gasteiger partial charge in [-0.05, 0) is 49.6 Å². The first-order valence-electron chi connectivity index (χ1n) is 8.62. The first-order chi connectivity index (χ1) is 13.0. The predicted molar refractivity (Wildman–Crippen MR) is 109 cm³/mol. The fourth-order valence-corrected chi connectivity index (χ4v) is 2.81. The SMILES string of the molecule is C=C(NOCC)c1ccc(OCCCCOc2c(Cl)cc(O)cc2Cl)cc1.